The zero-order valence-corrected chi connectivity index (χ0v) is 11.2. The van der Waals surface area contributed by atoms with Crippen LogP contribution in [-0.2, 0) is 0 Å². The molecule has 0 aromatic heterocycles. The first-order valence-electron chi connectivity index (χ1n) is 5.67. The maximum Gasteiger partial charge on any atom is 0.0306 e. The van der Waals surface area contributed by atoms with Crippen molar-refractivity contribution in [1.29, 1.82) is 0 Å². The van der Waals surface area contributed by atoms with E-state index in [1.54, 1.807) is 0 Å². The molecule has 1 rings (SSSR count). The van der Waals surface area contributed by atoms with Gasteiger partial charge in [-0.25, -0.2) is 0 Å². The molecule has 2 heteroatoms. The monoisotopic (exact) mass is 269 g/mol. The Kier molecular flexibility index (Phi) is 5.34. The molecule has 1 nitrogen and oxygen atoms in total. The molecule has 0 aliphatic rings. The Morgan fingerprint density at radius 1 is 1.33 bits per heavy atom. The van der Waals surface area contributed by atoms with Gasteiger partial charge in [-0.05, 0) is 24.5 Å². The molecule has 0 radical (unpaired) electrons. The summed E-state index contributed by atoms with van der Waals surface area (Å²) in [6.45, 7) is 4.32. The lowest BCUT2D eigenvalue weighted by Crippen LogP contribution is -2.11. The summed E-state index contributed by atoms with van der Waals surface area (Å²) in [5, 5.41) is 0. The smallest absolute Gasteiger partial charge is 0.0306 e. The number of unbranched alkanes of at least 4 members (excludes halogenated alkanes) is 2. The van der Waals surface area contributed by atoms with E-state index >= 15 is 0 Å². The molecule has 0 saturated heterocycles. The van der Waals surface area contributed by atoms with Gasteiger partial charge in [-0.15, -0.1) is 0 Å². The summed E-state index contributed by atoms with van der Waals surface area (Å²) in [5.41, 5.74) is 8.68. The molecule has 1 aromatic carbocycles. The van der Waals surface area contributed by atoms with Gasteiger partial charge in [0.15, 0.2) is 0 Å². The molecule has 1 aromatic rings. The maximum atomic E-state index is 6.18. The number of aryl methyl sites for hydroxylation is 1. The van der Waals surface area contributed by atoms with E-state index in [-0.39, 0.29) is 6.04 Å². The average Bonchev–Trinajstić information content (AvgIpc) is 2.22. The van der Waals surface area contributed by atoms with Gasteiger partial charge in [-0.3, -0.25) is 0 Å². The van der Waals surface area contributed by atoms with Gasteiger partial charge in [0.1, 0.15) is 0 Å². The van der Waals surface area contributed by atoms with Crippen molar-refractivity contribution in [3.05, 3.63) is 33.8 Å². The van der Waals surface area contributed by atoms with Crippen LogP contribution < -0.4 is 5.73 Å². The highest BCUT2D eigenvalue weighted by atomic mass is 79.9. The Labute approximate surface area is 101 Å². The predicted octanol–water partition coefficient (Wildman–Crippen LogP) is 4.34. The molecule has 0 aliphatic heterocycles. The van der Waals surface area contributed by atoms with Crippen molar-refractivity contribution in [1.82, 2.24) is 0 Å². The Balaban J connectivity index is 2.65. The summed E-state index contributed by atoms with van der Waals surface area (Å²) in [4.78, 5) is 0. The van der Waals surface area contributed by atoms with E-state index in [4.69, 9.17) is 5.73 Å². The van der Waals surface area contributed by atoms with Gasteiger partial charge in [-0.2, -0.15) is 0 Å². The van der Waals surface area contributed by atoms with E-state index in [1.165, 1.54) is 34.9 Å². The average molecular weight is 270 g/mol. The SMILES string of the molecule is CCCCCC(N)c1cccc(C)c1Br. The van der Waals surface area contributed by atoms with E-state index in [2.05, 4.69) is 48.0 Å². The molecule has 0 saturated carbocycles. The first-order valence-corrected chi connectivity index (χ1v) is 6.46. The lowest BCUT2D eigenvalue weighted by Gasteiger charge is -2.14. The minimum Gasteiger partial charge on any atom is -0.324 e. The molecular weight excluding hydrogens is 250 g/mol. The van der Waals surface area contributed by atoms with Crippen LogP contribution in [0, 0.1) is 6.92 Å². The zero-order valence-electron chi connectivity index (χ0n) is 9.59. The van der Waals surface area contributed by atoms with Crippen molar-refractivity contribution in [2.24, 2.45) is 5.73 Å². The van der Waals surface area contributed by atoms with Crippen molar-refractivity contribution >= 4 is 15.9 Å². The van der Waals surface area contributed by atoms with Crippen molar-refractivity contribution < 1.29 is 0 Å². The first-order chi connectivity index (χ1) is 7.16. The Morgan fingerprint density at radius 3 is 2.73 bits per heavy atom. The summed E-state index contributed by atoms with van der Waals surface area (Å²) < 4.78 is 1.17. The second-order valence-electron chi connectivity index (χ2n) is 4.08. The summed E-state index contributed by atoms with van der Waals surface area (Å²) >= 11 is 3.61. The topological polar surface area (TPSA) is 26.0 Å². The summed E-state index contributed by atoms with van der Waals surface area (Å²) in [6.07, 6.45) is 4.83. The fourth-order valence-corrected chi connectivity index (χ4v) is 2.28. The van der Waals surface area contributed by atoms with Crippen LogP contribution in [0.4, 0.5) is 0 Å². The molecule has 15 heavy (non-hydrogen) atoms. The van der Waals surface area contributed by atoms with Gasteiger partial charge in [-0.1, -0.05) is 60.3 Å². The molecule has 0 fully saturated rings. The standard InChI is InChI=1S/C13H20BrN/c1-3-4-5-9-12(15)11-8-6-7-10(2)13(11)14/h6-8,12H,3-5,9,15H2,1-2H3. The second-order valence-corrected chi connectivity index (χ2v) is 4.87. The van der Waals surface area contributed by atoms with Crippen LogP contribution in [0.2, 0.25) is 0 Å². The molecule has 0 bridgehead atoms. The Hall–Kier alpha value is -0.340. The largest absolute Gasteiger partial charge is 0.324 e. The molecule has 0 heterocycles. The summed E-state index contributed by atoms with van der Waals surface area (Å²) in [6, 6.07) is 6.47. The zero-order chi connectivity index (χ0) is 11.3. The number of hydrogen-bond acceptors (Lipinski definition) is 1. The highest BCUT2D eigenvalue weighted by molar-refractivity contribution is 9.10. The highest BCUT2D eigenvalue weighted by Gasteiger charge is 2.10. The van der Waals surface area contributed by atoms with Crippen LogP contribution in [0.3, 0.4) is 0 Å². The van der Waals surface area contributed by atoms with Crippen LogP contribution in [0.15, 0.2) is 22.7 Å². The minimum absolute atomic E-state index is 0.172. The third-order valence-electron chi connectivity index (χ3n) is 2.74. The molecular formula is C13H20BrN. The lowest BCUT2D eigenvalue weighted by molar-refractivity contribution is 0.579. The highest BCUT2D eigenvalue weighted by Crippen LogP contribution is 2.27. The Bertz CT molecular complexity index is 309. The van der Waals surface area contributed by atoms with Crippen molar-refractivity contribution in [2.75, 3.05) is 0 Å². The second kappa shape index (κ2) is 6.29. The fraction of sp³-hybridized carbons (Fsp3) is 0.538. The third-order valence-corrected chi connectivity index (χ3v) is 3.82. The Morgan fingerprint density at radius 2 is 2.07 bits per heavy atom. The molecule has 2 N–H and O–H groups in total. The van der Waals surface area contributed by atoms with E-state index in [1.807, 2.05) is 0 Å². The quantitative estimate of drug-likeness (QED) is 0.791. The van der Waals surface area contributed by atoms with E-state index in [9.17, 15) is 0 Å². The maximum absolute atomic E-state index is 6.18. The third kappa shape index (κ3) is 3.62. The van der Waals surface area contributed by atoms with Crippen molar-refractivity contribution in [3.63, 3.8) is 0 Å². The van der Waals surface area contributed by atoms with Gasteiger partial charge < -0.3 is 5.73 Å². The molecule has 0 spiro atoms. The first kappa shape index (κ1) is 12.7. The van der Waals surface area contributed by atoms with Crippen molar-refractivity contribution in [2.45, 2.75) is 45.6 Å². The van der Waals surface area contributed by atoms with E-state index in [0.717, 1.165) is 6.42 Å². The number of rotatable bonds is 5. The van der Waals surface area contributed by atoms with Crippen LogP contribution in [0.5, 0.6) is 0 Å². The van der Waals surface area contributed by atoms with Crippen LogP contribution in [0.1, 0.15) is 49.8 Å². The molecule has 0 aliphatic carbocycles. The molecule has 0 amide bonds. The van der Waals surface area contributed by atoms with Crippen LogP contribution >= 0.6 is 15.9 Å². The molecule has 1 atom stereocenters. The number of halogens is 1. The normalized spacial score (nSPS) is 12.8. The van der Waals surface area contributed by atoms with Crippen LogP contribution in [-0.4, -0.2) is 0 Å². The predicted molar refractivity (Wildman–Crippen MR) is 69.9 cm³/mol. The van der Waals surface area contributed by atoms with Gasteiger partial charge in [0.25, 0.3) is 0 Å². The van der Waals surface area contributed by atoms with Gasteiger partial charge in [0, 0.05) is 10.5 Å². The lowest BCUT2D eigenvalue weighted by atomic mass is 10.00. The van der Waals surface area contributed by atoms with Gasteiger partial charge in [0.2, 0.25) is 0 Å². The molecule has 1 unspecified atom stereocenters. The van der Waals surface area contributed by atoms with Gasteiger partial charge in [0.05, 0.1) is 0 Å². The minimum atomic E-state index is 0.172. The number of benzene rings is 1. The van der Waals surface area contributed by atoms with Gasteiger partial charge >= 0.3 is 0 Å². The van der Waals surface area contributed by atoms with Crippen molar-refractivity contribution in [3.8, 4) is 0 Å². The van der Waals surface area contributed by atoms with E-state index < -0.39 is 0 Å². The fourth-order valence-electron chi connectivity index (χ4n) is 1.73. The number of hydrogen-bond donors (Lipinski definition) is 1. The van der Waals surface area contributed by atoms with Crippen LogP contribution in [0.25, 0.3) is 0 Å². The summed E-state index contributed by atoms with van der Waals surface area (Å²) in [7, 11) is 0. The summed E-state index contributed by atoms with van der Waals surface area (Å²) in [5.74, 6) is 0. The van der Waals surface area contributed by atoms with E-state index in [0.29, 0.717) is 0 Å². The molecule has 84 valence electrons. The number of nitrogens with two attached hydrogens (primary N) is 1.